The second-order valence-electron chi connectivity index (χ2n) is 4.06. The van der Waals surface area contributed by atoms with Gasteiger partial charge in [-0.2, -0.15) is 0 Å². The lowest BCUT2D eigenvalue weighted by molar-refractivity contribution is -0.124. The Labute approximate surface area is 103 Å². The highest BCUT2D eigenvalue weighted by molar-refractivity contribution is 5.86. The molecule has 0 saturated heterocycles. The van der Waals surface area contributed by atoms with Crippen molar-refractivity contribution >= 4 is 5.91 Å². The SMILES string of the molecule is C/C=C/C(=O)NO.CC(C)Cc1ccccc1. The molecule has 0 atom stereocenters. The minimum absolute atomic E-state index is 0.498. The summed E-state index contributed by atoms with van der Waals surface area (Å²) in [7, 11) is 0. The van der Waals surface area contributed by atoms with Crippen LogP contribution in [0.25, 0.3) is 0 Å². The van der Waals surface area contributed by atoms with Crippen molar-refractivity contribution in [3.63, 3.8) is 0 Å². The number of hydrogen-bond donors (Lipinski definition) is 2. The first-order chi connectivity index (χ1) is 8.10. The Morgan fingerprint density at radius 1 is 1.35 bits per heavy atom. The van der Waals surface area contributed by atoms with Crippen LogP contribution in [-0.4, -0.2) is 11.1 Å². The van der Waals surface area contributed by atoms with Crippen LogP contribution < -0.4 is 5.48 Å². The van der Waals surface area contributed by atoms with Crippen molar-refractivity contribution in [3.8, 4) is 0 Å². The number of nitrogens with one attached hydrogen (secondary N) is 1. The number of rotatable bonds is 3. The molecule has 3 heteroatoms. The number of hydrogen-bond acceptors (Lipinski definition) is 2. The molecule has 1 aromatic carbocycles. The summed E-state index contributed by atoms with van der Waals surface area (Å²) in [5, 5.41) is 7.82. The molecule has 0 aromatic heterocycles. The molecular weight excluding hydrogens is 214 g/mol. The quantitative estimate of drug-likeness (QED) is 0.481. The highest BCUT2D eigenvalue weighted by Gasteiger charge is 1.94. The van der Waals surface area contributed by atoms with Gasteiger partial charge in [0, 0.05) is 6.08 Å². The van der Waals surface area contributed by atoms with Crippen LogP contribution in [0.5, 0.6) is 0 Å². The third-order valence-electron chi connectivity index (χ3n) is 1.92. The Morgan fingerprint density at radius 3 is 2.29 bits per heavy atom. The van der Waals surface area contributed by atoms with E-state index in [0.717, 1.165) is 5.92 Å². The molecule has 0 heterocycles. The van der Waals surface area contributed by atoms with E-state index in [1.165, 1.54) is 29.6 Å². The Hall–Kier alpha value is -1.61. The first kappa shape index (κ1) is 15.4. The van der Waals surface area contributed by atoms with E-state index in [0.29, 0.717) is 0 Å². The highest BCUT2D eigenvalue weighted by Crippen LogP contribution is 2.05. The van der Waals surface area contributed by atoms with Crippen LogP contribution in [0.2, 0.25) is 0 Å². The largest absolute Gasteiger partial charge is 0.288 e. The lowest BCUT2D eigenvalue weighted by atomic mass is 10.0. The van der Waals surface area contributed by atoms with Crippen molar-refractivity contribution in [1.29, 1.82) is 0 Å². The van der Waals surface area contributed by atoms with Gasteiger partial charge in [0.15, 0.2) is 0 Å². The number of amides is 1. The van der Waals surface area contributed by atoms with Crippen LogP contribution in [-0.2, 0) is 11.2 Å². The number of allylic oxidation sites excluding steroid dienone is 1. The van der Waals surface area contributed by atoms with E-state index in [2.05, 4.69) is 44.2 Å². The number of carbonyl (C=O) groups excluding carboxylic acids is 1. The molecule has 1 rings (SSSR count). The molecule has 0 aliphatic rings. The fourth-order valence-electron chi connectivity index (χ4n) is 1.27. The Kier molecular flexibility index (Phi) is 8.69. The fourth-order valence-corrected chi connectivity index (χ4v) is 1.27. The predicted molar refractivity (Wildman–Crippen MR) is 69.7 cm³/mol. The van der Waals surface area contributed by atoms with Crippen LogP contribution in [0.4, 0.5) is 0 Å². The van der Waals surface area contributed by atoms with Crippen molar-refractivity contribution in [2.75, 3.05) is 0 Å². The van der Waals surface area contributed by atoms with Crippen LogP contribution in [0.15, 0.2) is 42.5 Å². The van der Waals surface area contributed by atoms with E-state index >= 15 is 0 Å². The van der Waals surface area contributed by atoms with Crippen molar-refractivity contribution in [3.05, 3.63) is 48.0 Å². The van der Waals surface area contributed by atoms with Gasteiger partial charge < -0.3 is 0 Å². The molecule has 0 fully saturated rings. The Balaban J connectivity index is 0.000000325. The van der Waals surface area contributed by atoms with Crippen LogP contribution in [0, 0.1) is 5.92 Å². The zero-order valence-electron chi connectivity index (χ0n) is 10.7. The van der Waals surface area contributed by atoms with Gasteiger partial charge in [-0.1, -0.05) is 50.3 Å². The summed E-state index contributed by atoms with van der Waals surface area (Å²) in [4.78, 5) is 9.96. The molecule has 1 amide bonds. The molecule has 1 aromatic rings. The summed E-state index contributed by atoms with van der Waals surface area (Å²) in [5.74, 6) is 0.268. The lowest BCUT2D eigenvalue weighted by Gasteiger charge is -2.02. The van der Waals surface area contributed by atoms with Crippen LogP contribution in [0.1, 0.15) is 26.3 Å². The average molecular weight is 235 g/mol. The third-order valence-corrected chi connectivity index (χ3v) is 1.92. The number of hydroxylamine groups is 1. The summed E-state index contributed by atoms with van der Waals surface area (Å²) < 4.78 is 0. The van der Waals surface area contributed by atoms with Crippen molar-refractivity contribution in [1.82, 2.24) is 5.48 Å². The first-order valence-electron chi connectivity index (χ1n) is 5.70. The van der Waals surface area contributed by atoms with E-state index in [9.17, 15) is 4.79 Å². The minimum atomic E-state index is -0.498. The molecule has 2 N–H and O–H groups in total. The molecule has 0 aliphatic heterocycles. The van der Waals surface area contributed by atoms with Crippen LogP contribution >= 0.6 is 0 Å². The van der Waals surface area contributed by atoms with E-state index in [1.807, 2.05) is 0 Å². The molecule has 0 aliphatic carbocycles. The maximum absolute atomic E-state index is 9.96. The predicted octanol–water partition coefficient (Wildman–Crippen LogP) is 2.95. The molecule has 0 radical (unpaired) electrons. The maximum atomic E-state index is 9.96. The molecule has 0 unspecified atom stereocenters. The summed E-state index contributed by atoms with van der Waals surface area (Å²) in [6, 6.07) is 10.6. The molecule has 3 nitrogen and oxygen atoms in total. The smallest absolute Gasteiger partial charge is 0.267 e. The zero-order chi connectivity index (χ0) is 13.1. The van der Waals surface area contributed by atoms with Gasteiger partial charge in [0.1, 0.15) is 0 Å². The van der Waals surface area contributed by atoms with Gasteiger partial charge >= 0.3 is 0 Å². The molecule has 0 bridgehead atoms. The Morgan fingerprint density at radius 2 is 1.94 bits per heavy atom. The van der Waals surface area contributed by atoms with Crippen LogP contribution in [0.3, 0.4) is 0 Å². The summed E-state index contributed by atoms with van der Waals surface area (Å²) in [6.45, 7) is 6.18. The van der Waals surface area contributed by atoms with Gasteiger partial charge in [0.25, 0.3) is 5.91 Å². The second-order valence-corrected chi connectivity index (χ2v) is 4.06. The van der Waals surface area contributed by atoms with Crippen molar-refractivity contribution in [2.45, 2.75) is 27.2 Å². The van der Waals surface area contributed by atoms with E-state index in [4.69, 9.17) is 5.21 Å². The molecular formula is C14H21NO2. The summed E-state index contributed by atoms with van der Waals surface area (Å²) in [5.41, 5.74) is 2.88. The van der Waals surface area contributed by atoms with Gasteiger partial charge in [-0.05, 0) is 24.8 Å². The van der Waals surface area contributed by atoms with Gasteiger partial charge in [-0.3, -0.25) is 10.0 Å². The molecule has 0 spiro atoms. The summed E-state index contributed by atoms with van der Waals surface area (Å²) >= 11 is 0. The average Bonchev–Trinajstić information content (AvgIpc) is 2.30. The molecule has 17 heavy (non-hydrogen) atoms. The fraction of sp³-hybridized carbons (Fsp3) is 0.357. The van der Waals surface area contributed by atoms with E-state index in [-0.39, 0.29) is 0 Å². The third kappa shape index (κ3) is 9.33. The van der Waals surface area contributed by atoms with Gasteiger partial charge in [0.2, 0.25) is 0 Å². The van der Waals surface area contributed by atoms with Gasteiger partial charge in [-0.15, -0.1) is 0 Å². The highest BCUT2D eigenvalue weighted by atomic mass is 16.5. The summed E-state index contributed by atoms with van der Waals surface area (Å²) in [6.07, 6.45) is 3.95. The molecule has 94 valence electrons. The Bertz CT molecular complexity index is 331. The first-order valence-corrected chi connectivity index (χ1v) is 5.70. The molecule has 0 saturated carbocycles. The normalized spacial score (nSPS) is 9.94. The van der Waals surface area contributed by atoms with Gasteiger partial charge in [-0.25, -0.2) is 5.48 Å². The monoisotopic (exact) mass is 235 g/mol. The standard InChI is InChI=1S/C10H14.C4H7NO2/c1-9(2)8-10-6-4-3-5-7-10;1-2-3-4(6)5-7/h3-7,9H,8H2,1-2H3;2-3,7H,1H3,(H,5,6)/b;3-2+. The minimum Gasteiger partial charge on any atom is -0.288 e. The topological polar surface area (TPSA) is 49.3 Å². The maximum Gasteiger partial charge on any atom is 0.267 e. The lowest BCUT2D eigenvalue weighted by Crippen LogP contribution is -2.14. The number of benzene rings is 1. The zero-order valence-corrected chi connectivity index (χ0v) is 10.7. The van der Waals surface area contributed by atoms with Crippen molar-refractivity contribution < 1.29 is 10.0 Å². The van der Waals surface area contributed by atoms with Gasteiger partial charge in [0.05, 0.1) is 0 Å². The van der Waals surface area contributed by atoms with E-state index in [1.54, 1.807) is 6.92 Å². The van der Waals surface area contributed by atoms with E-state index < -0.39 is 5.91 Å². The van der Waals surface area contributed by atoms with Crippen molar-refractivity contribution in [2.24, 2.45) is 5.92 Å². The second kappa shape index (κ2) is 9.60. The number of carbonyl (C=O) groups is 1.